The van der Waals surface area contributed by atoms with Gasteiger partial charge in [-0.15, -0.1) is 0 Å². The minimum atomic E-state index is 0.268. The van der Waals surface area contributed by atoms with Crippen LogP contribution in [0, 0.1) is 5.92 Å². The summed E-state index contributed by atoms with van der Waals surface area (Å²) >= 11 is 0. The summed E-state index contributed by atoms with van der Waals surface area (Å²) in [6.45, 7) is 4.39. The molecule has 0 fully saturated rings. The summed E-state index contributed by atoms with van der Waals surface area (Å²) < 4.78 is 0. The lowest BCUT2D eigenvalue weighted by molar-refractivity contribution is 0.577. The Morgan fingerprint density at radius 3 is 2.93 bits per heavy atom. The van der Waals surface area contributed by atoms with E-state index in [9.17, 15) is 0 Å². The number of nitrogen functional groups attached to an aromatic ring is 1. The van der Waals surface area contributed by atoms with Crippen LogP contribution < -0.4 is 5.73 Å². The van der Waals surface area contributed by atoms with Crippen LogP contribution in [0.25, 0.3) is 11.2 Å². The fraction of sp³-hybridized carbons (Fsp3) is 0.500. The highest BCUT2D eigenvalue weighted by Gasteiger charge is 2.05. The molecule has 0 aliphatic rings. The molecule has 0 saturated heterocycles. The standard InChI is InChI=1S/C10H15N5/c1-6(2)3-4-8-13-7-5-12-10(11)15-9(7)14-8/h5-6H,3-4H2,1-2H3,(H3,11,12,13,14,15). The molecule has 80 valence electrons. The summed E-state index contributed by atoms with van der Waals surface area (Å²) in [6.07, 6.45) is 3.72. The fourth-order valence-electron chi connectivity index (χ4n) is 1.41. The molecule has 0 spiro atoms. The van der Waals surface area contributed by atoms with Gasteiger partial charge in [-0.05, 0) is 12.3 Å². The van der Waals surface area contributed by atoms with Gasteiger partial charge < -0.3 is 10.7 Å². The second kappa shape index (κ2) is 3.84. The molecule has 2 heterocycles. The summed E-state index contributed by atoms with van der Waals surface area (Å²) in [6, 6.07) is 0. The molecule has 2 rings (SSSR count). The van der Waals surface area contributed by atoms with Gasteiger partial charge in [0.2, 0.25) is 5.95 Å². The van der Waals surface area contributed by atoms with Gasteiger partial charge in [-0.1, -0.05) is 13.8 Å². The Labute approximate surface area is 88.1 Å². The first-order valence-corrected chi connectivity index (χ1v) is 5.12. The zero-order valence-corrected chi connectivity index (χ0v) is 8.99. The number of aromatic amines is 1. The van der Waals surface area contributed by atoms with Gasteiger partial charge in [0.15, 0.2) is 5.65 Å². The van der Waals surface area contributed by atoms with E-state index in [4.69, 9.17) is 5.73 Å². The lowest BCUT2D eigenvalue weighted by atomic mass is 10.1. The van der Waals surface area contributed by atoms with Gasteiger partial charge in [-0.25, -0.2) is 9.97 Å². The molecule has 2 aromatic rings. The van der Waals surface area contributed by atoms with Gasteiger partial charge in [-0.3, -0.25) is 0 Å². The van der Waals surface area contributed by atoms with E-state index >= 15 is 0 Å². The maximum atomic E-state index is 5.48. The van der Waals surface area contributed by atoms with Crippen molar-refractivity contribution >= 4 is 17.1 Å². The summed E-state index contributed by atoms with van der Waals surface area (Å²) in [5.74, 6) is 1.90. The van der Waals surface area contributed by atoms with Crippen molar-refractivity contribution in [2.75, 3.05) is 5.73 Å². The zero-order valence-electron chi connectivity index (χ0n) is 8.99. The van der Waals surface area contributed by atoms with Crippen molar-refractivity contribution in [3.8, 4) is 0 Å². The number of hydrogen-bond acceptors (Lipinski definition) is 4. The van der Waals surface area contributed by atoms with Crippen molar-refractivity contribution < 1.29 is 0 Å². The molecule has 5 nitrogen and oxygen atoms in total. The van der Waals surface area contributed by atoms with E-state index < -0.39 is 0 Å². The predicted octanol–water partition coefficient (Wildman–Crippen LogP) is 1.52. The van der Waals surface area contributed by atoms with Crippen LogP contribution in [0.4, 0.5) is 5.95 Å². The molecule has 0 aromatic carbocycles. The Morgan fingerprint density at radius 2 is 2.20 bits per heavy atom. The largest absolute Gasteiger partial charge is 0.368 e. The van der Waals surface area contributed by atoms with Gasteiger partial charge in [0, 0.05) is 6.42 Å². The molecule has 3 N–H and O–H groups in total. The van der Waals surface area contributed by atoms with E-state index in [1.165, 1.54) is 0 Å². The summed E-state index contributed by atoms with van der Waals surface area (Å²) in [5.41, 5.74) is 6.98. The molecule has 0 saturated carbocycles. The van der Waals surface area contributed by atoms with Crippen LogP contribution >= 0.6 is 0 Å². The average molecular weight is 205 g/mol. The van der Waals surface area contributed by atoms with Crippen molar-refractivity contribution in [3.63, 3.8) is 0 Å². The number of aryl methyl sites for hydroxylation is 1. The number of anilines is 1. The Kier molecular flexibility index (Phi) is 2.53. The molecule has 5 heteroatoms. The van der Waals surface area contributed by atoms with Gasteiger partial charge in [0.25, 0.3) is 0 Å². The lowest BCUT2D eigenvalue weighted by Gasteiger charge is -2.00. The first-order valence-electron chi connectivity index (χ1n) is 5.12. The average Bonchev–Trinajstić information content (AvgIpc) is 2.56. The topological polar surface area (TPSA) is 80.5 Å². The molecular weight excluding hydrogens is 190 g/mol. The SMILES string of the molecule is CC(C)CCc1nc2nc(N)ncc2[nH]1. The molecule has 0 bridgehead atoms. The third-order valence-corrected chi connectivity index (χ3v) is 2.27. The van der Waals surface area contributed by atoms with Crippen LogP contribution in [0.1, 0.15) is 26.1 Å². The number of H-pyrrole nitrogens is 1. The van der Waals surface area contributed by atoms with E-state index in [0.29, 0.717) is 11.6 Å². The maximum Gasteiger partial charge on any atom is 0.222 e. The molecule has 0 unspecified atom stereocenters. The van der Waals surface area contributed by atoms with Crippen molar-refractivity contribution in [3.05, 3.63) is 12.0 Å². The lowest BCUT2D eigenvalue weighted by Crippen LogP contribution is -1.94. The van der Waals surface area contributed by atoms with Crippen molar-refractivity contribution in [2.24, 2.45) is 5.92 Å². The minimum Gasteiger partial charge on any atom is -0.368 e. The Morgan fingerprint density at radius 1 is 1.40 bits per heavy atom. The Balaban J connectivity index is 2.23. The molecule has 2 aromatic heterocycles. The van der Waals surface area contributed by atoms with E-state index in [0.717, 1.165) is 24.2 Å². The zero-order chi connectivity index (χ0) is 10.8. The minimum absolute atomic E-state index is 0.268. The number of nitrogens with two attached hydrogens (primary N) is 1. The number of aromatic nitrogens is 4. The Bertz CT molecular complexity index is 460. The second-order valence-electron chi connectivity index (χ2n) is 4.08. The van der Waals surface area contributed by atoms with Crippen LogP contribution in [0.15, 0.2) is 6.20 Å². The second-order valence-corrected chi connectivity index (χ2v) is 4.08. The fourth-order valence-corrected chi connectivity index (χ4v) is 1.41. The third-order valence-electron chi connectivity index (χ3n) is 2.27. The van der Waals surface area contributed by atoms with E-state index in [2.05, 4.69) is 33.8 Å². The number of hydrogen-bond donors (Lipinski definition) is 2. The van der Waals surface area contributed by atoms with Crippen LogP contribution in [0.5, 0.6) is 0 Å². The highest BCUT2D eigenvalue weighted by molar-refractivity contribution is 5.70. The normalized spacial score (nSPS) is 11.4. The third kappa shape index (κ3) is 2.23. The van der Waals surface area contributed by atoms with E-state index in [1.807, 2.05) is 0 Å². The van der Waals surface area contributed by atoms with Gasteiger partial charge in [0.05, 0.1) is 6.20 Å². The first-order chi connectivity index (χ1) is 7.15. The number of rotatable bonds is 3. The van der Waals surface area contributed by atoms with E-state index in [-0.39, 0.29) is 5.95 Å². The van der Waals surface area contributed by atoms with Crippen LogP contribution in [0.3, 0.4) is 0 Å². The van der Waals surface area contributed by atoms with Crippen LogP contribution in [-0.4, -0.2) is 19.9 Å². The van der Waals surface area contributed by atoms with Crippen molar-refractivity contribution in [2.45, 2.75) is 26.7 Å². The maximum absolute atomic E-state index is 5.48. The van der Waals surface area contributed by atoms with Crippen molar-refractivity contribution in [1.82, 2.24) is 19.9 Å². The number of nitrogens with zero attached hydrogens (tertiary/aromatic N) is 3. The molecule has 0 radical (unpaired) electrons. The highest BCUT2D eigenvalue weighted by Crippen LogP contribution is 2.11. The van der Waals surface area contributed by atoms with Gasteiger partial charge >= 0.3 is 0 Å². The quantitative estimate of drug-likeness (QED) is 0.796. The molecule has 0 amide bonds. The molecular formula is C10H15N5. The summed E-state index contributed by atoms with van der Waals surface area (Å²) in [5, 5.41) is 0. The molecule has 0 aliphatic carbocycles. The highest BCUT2D eigenvalue weighted by atomic mass is 15.1. The number of imidazole rings is 1. The molecule has 15 heavy (non-hydrogen) atoms. The van der Waals surface area contributed by atoms with E-state index in [1.54, 1.807) is 6.20 Å². The van der Waals surface area contributed by atoms with Gasteiger partial charge in [0.1, 0.15) is 11.3 Å². The summed E-state index contributed by atoms with van der Waals surface area (Å²) in [4.78, 5) is 15.5. The Hall–Kier alpha value is -1.65. The number of nitrogens with one attached hydrogen (secondary N) is 1. The molecule has 0 aliphatic heterocycles. The summed E-state index contributed by atoms with van der Waals surface area (Å²) in [7, 11) is 0. The van der Waals surface area contributed by atoms with Crippen LogP contribution in [-0.2, 0) is 6.42 Å². The monoisotopic (exact) mass is 205 g/mol. The first kappa shape index (κ1) is 9.89. The smallest absolute Gasteiger partial charge is 0.222 e. The van der Waals surface area contributed by atoms with Crippen molar-refractivity contribution in [1.29, 1.82) is 0 Å². The van der Waals surface area contributed by atoms with Gasteiger partial charge in [-0.2, -0.15) is 4.98 Å². The number of fused-ring (bicyclic) bond motifs is 1. The van der Waals surface area contributed by atoms with Crippen LogP contribution in [0.2, 0.25) is 0 Å². The predicted molar refractivity (Wildman–Crippen MR) is 59.3 cm³/mol. The molecule has 0 atom stereocenters.